The second-order valence-electron chi connectivity index (χ2n) is 4.51. The van der Waals surface area contributed by atoms with Crippen LogP contribution in [0.3, 0.4) is 0 Å². The topological polar surface area (TPSA) is 97.4 Å². The van der Waals surface area contributed by atoms with Crippen molar-refractivity contribution in [2.75, 3.05) is 25.3 Å². The van der Waals surface area contributed by atoms with Gasteiger partial charge in [-0.3, -0.25) is 4.79 Å². The minimum Gasteiger partial charge on any atom is -0.493 e. The lowest BCUT2D eigenvalue weighted by atomic mass is 10.1. The number of amides is 1. The Morgan fingerprint density at radius 2 is 1.86 bits per heavy atom. The van der Waals surface area contributed by atoms with Crippen LogP contribution in [0.1, 0.15) is 15.9 Å². The van der Waals surface area contributed by atoms with Crippen LogP contribution in [0.25, 0.3) is 0 Å². The molecule has 0 bridgehead atoms. The predicted octanol–water partition coefficient (Wildman–Crippen LogP) is 2.54. The highest BCUT2D eigenvalue weighted by atomic mass is 16.5. The van der Waals surface area contributed by atoms with E-state index in [0.29, 0.717) is 34.0 Å². The Balaban J connectivity index is 2.23. The molecule has 114 valence electrons. The lowest BCUT2D eigenvalue weighted by Crippen LogP contribution is -2.12. The zero-order chi connectivity index (χ0) is 16.1. The van der Waals surface area contributed by atoms with Crippen molar-refractivity contribution in [3.8, 4) is 11.5 Å². The van der Waals surface area contributed by atoms with Crippen molar-refractivity contribution in [2.45, 2.75) is 0 Å². The average molecular weight is 299 g/mol. The number of hydrogen-bond donors (Lipinski definition) is 3. The number of benzene rings is 2. The Labute approximate surface area is 128 Å². The summed E-state index contributed by atoms with van der Waals surface area (Å²) in [6.45, 7) is 0. The molecule has 0 unspecified atom stereocenters. The minimum absolute atomic E-state index is 0.296. The van der Waals surface area contributed by atoms with E-state index in [1.807, 2.05) is 0 Å². The Kier molecular flexibility index (Phi) is 4.63. The summed E-state index contributed by atoms with van der Waals surface area (Å²) in [4.78, 5) is 12.2. The van der Waals surface area contributed by atoms with E-state index in [0.717, 1.165) is 6.21 Å². The van der Waals surface area contributed by atoms with E-state index in [2.05, 4.69) is 5.32 Å². The van der Waals surface area contributed by atoms with Crippen molar-refractivity contribution >= 4 is 23.5 Å². The number of rotatable bonds is 5. The fourth-order valence-electron chi connectivity index (χ4n) is 1.96. The molecule has 0 atom stereocenters. The molecule has 0 aliphatic heterocycles. The molecule has 22 heavy (non-hydrogen) atoms. The number of nitrogens with two attached hydrogens (primary N) is 1. The van der Waals surface area contributed by atoms with Gasteiger partial charge in [0.15, 0.2) is 11.5 Å². The maximum atomic E-state index is 12.2. The number of nitrogen functional groups attached to an aromatic ring is 1. The Morgan fingerprint density at radius 1 is 1.14 bits per heavy atom. The quantitative estimate of drug-likeness (QED) is 0.583. The van der Waals surface area contributed by atoms with Gasteiger partial charge in [0.25, 0.3) is 5.91 Å². The molecule has 1 amide bonds. The third kappa shape index (κ3) is 3.17. The first-order valence-electron chi connectivity index (χ1n) is 6.52. The molecule has 4 N–H and O–H groups in total. The van der Waals surface area contributed by atoms with Gasteiger partial charge in [-0.25, -0.2) is 0 Å². The highest BCUT2D eigenvalue weighted by Crippen LogP contribution is 2.30. The van der Waals surface area contributed by atoms with Crippen molar-refractivity contribution in [3.05, 3.63) is 47.5 Å². The van der Waals surface area contributed by atoms with E-state index >= 15 is 0 Å². The number of carbonyl (C=O) groups excluding carboxylic acids is 1. The SMILES string of the molecule is COc1ccc(NC(=O)c2ccc(N)c(C=N)c2)cc1OC. The van der Waals surface area contributed by atoms with Gasteiger partial charge in [0.05, 0.1) is 14.2 Å². The number of methoxy groups -OCH3 is 2. The normalized spacial score (nSPS) is 9.91. The van der Waals surface area contributed by atoms with Crippen LogP contribution in [0.5, 0.6) is 11.5 Å². The fourth-order valence-corrected chi connectivity index (χ4v) is 1.96. The lowest BCUT2D eigenvalue weighted by molar-refractivity contribution is 0.102. The van der Waals surface area contributed by atoms with Crippen LogP contribution < -0.4 is 20.5 Å². The molecule has 2 rings (SSSR count). The maximum absolute atomic E-state index is 12.2. The van der Waals surface area contributed by atoms with E-state index in [9.17, 15) is 4.79 Å². The number of hydrogen-bond acceptors (Lipinski definition) is 5. The largest absolute Gasteiger partial charge is 0.493 e. The molecule has 0 aromatic heterocycles. The third-order valence-corrected chi connectivity index (χ3v) is 3.15. The number of carbonyl (C=O) groups is 1. The molecular formula is C16H17N3O3. The van der Waals surface area contributed by atoms with E-state index < -0.39 is 0 Å². The van der Waals surface area contributed by atoms with Gasteiger partial charge < -0.3 is 25.9 Å². The molecule has 0 radical (unpaired) electrons. The molecule has 0 saturated carbocycles. The standard InChI is InChI=1S/C16H17N3O3/c1-21-14-6-4-12(8-15(14)22-2)19-16(20)10-3-5-13(18)11(7-10)9-17/h3-9,17H,18H2,1-2H3,(H,19,20). The van der Waals surface area contributed by atoms with Gasteiger partial charge in [-0.05, 0) is 30.3 Å². The molecule has 2 aromatic carbocycles. The maximum Gasteiger partial charge on any atom is 0.255 e. The highest BCUT2D eigenvalue weighted by molar-refractivity contribution is 6.05. The summed E-state index contributed by atoms with van der Waals surface area (Å²) in [7, 11) is 3.07. The van der Waals surface area contributed by atoms with Crippen LogP contribution in [-0.2, 0) is 0 Å². The van der Waals surface area contributed by atoms with Crippen LogP contribution in [-0.4, -0.2) is 26.3 Å². The second-order valence-corrected chi connectivity index (χ2v) is 4.51. The van der Waals surface area contributed by atoms with Crippen molar-refractivity contribution in [1.29, 1.82) is 5.41 Å². The van der Waals surface area contributed by atoms with Crippen molar-refractivity contribution in [3.63, 3.8) is 0 Å². The smallest absolute Gasteiger partial charge is 0.255 e. The first kappa shape index (κ1) is 15.4. The van der Waals surface area contributed by atoms with Crippen LogP contribution >= 0.6 is 0 Å². The molecule has 6 heteroatoms. The van der Waals surface area contributed by atoms with Gasteiger partial charge in [0, 0.05) is 34.8 Å². The molecule has 0 aliphatic carbocycles. The van der Waals surface area contributed by atoms with Gasteiger partial charge in [0.2, 0.25) is 0 Å². The molecular weight excluding hydrogens is 282 g/mol. The molecule has 6 nitrogen and oxygen atoms in total. The van der Waals surface area contributed by atoms with Crippen LogP contribution in [0, 0.1) is 5.41 Å². The second kappa shape index (κ2) is 6.62. The number of anilines is 2. The van der Waals surface area contributed by atoms with Crippen LogP contribution in [0.4, 0.5) is 11.4 Å². The Bertz CT molecular complexity index is 714. The Hall–Kier alpha value is -3.02. The average Bonchev–Trinajstić information content (AvgIpc) is 2.55. The van der Waals surface area contributed by atoms with E-state index in [4.69, 9.17) is 20.6 Å². The lowest BCUT2D eigenvalue weighted by Gasteiger charge is -2.11. The van der Waals surface area contributed by atoms with E-state index in [1.165, 1.54) is 7.11 Å². The van der Waals surface area contributed by atoms with Crippen molar-refractivity contribution < 1.29 is 14.3 Å². The molecule has 0 saturated heterocycles. The molecule has 2 aromatic rings. The fraction of sp³-hybridized carbons (Fsp3) is 0.125. The summed E-state index contributed by atoms with van der Waals surface area (Å²) in [5, 5.41) is 10.0. The summed E-state index contributed by atoms with van der Waals surface area (Å²) >= 11 is 0. The Morgan fingerprint density at radius 3 is 2.50 bits per heavy atom. The van der Waals surface area contributed by atoms with Crippen LogP contribution in [0.15, 0.2) is 36.4 Å². The molecule has 0 heterocycles. The summed E-state index contributed by atoms with van der Waals surface area (Å²) in [5.41, 5.74) is 7.66. The van der Waals surface area contributed by atoms with E-state index in [-0.39, 0.29) is 5.91 Å². The first-order valence-corrected chi connectivity index (χ1v) is 6.52. The van der Waals surface area contributed by atoms with Gasteiger partial charge in [-0.15, -0.1) is 0 Å². The van der Waals surface area contributed by atoms with E-state index in [1.54, 1.807) is 43.5 Å². The first-order chi connectivity index (χ1) is 10.6. The monoisotopic (exact) mass is 299 g/mol. The predicted molar refractivity (Wildman–Crippen MR) is 86.2 cm³/mol. The van der Waals surface area contributed by atoms with Crippen LogP contribution in [0.2, 0.25) is 0 Å². The molecule has 0 spiro atoms. The van der Waals surface area contributed by atoms with Gasteiger partial charge in [0.1, 0.15) is 0 Å². The number of nitrogens with one attached hydrogen (secondary N) is 2. The molecule has 0 aliphatic rings. The van der Waals surface area contributed by atoms with Crippen molar-refractivity contribution in [2.24, 2.45) is 0 Å². The highest BCUT2D eigenvalue weighted by Gasteiger charge is 2.10. The zero-order valence-electron chi connectivity index (χ0n) is 12.3. The zero-order valence-corrected chi connectivity index (χ0v) is 12.3. The third-order valence-electron chi connectivity index (χ3n) is 3.15. The van der Waals surface area contributed by atoms with Gasteiger partial charge in [-0.2, -0.15) is 0 Å². The minimum atomic E-state index is -0.296. The van der Waals surface area contributed by atoms with Gasteiger partial charge >= 0.3 is 0 Å². The molecule has 0 fully saturated rings. The summed E-state index contributed by atoms with van der Waals surface area (Å²) in [6, 6.07) is 9.88. The number of ether oxygens (including phenoxy) is 2. The van der Waals surface area contributed by atoms with Gasteiger partial charge in [-0.1, -0.05) is 0 Å². The summed E-state index contributed by atoms with van der Waals surface area (Å²) < 4.78 is 10.3. The summed E-state index contributed by atoms with van der Waals surface area (Å²) in [6.07, 6.45) is 1.11. The summed E-state index contributed by atoms with van der Waals surface area (Å²) in [5.74, 6) is 0.812. The van der Waals surface area contributed by atoms with Crippen molar-refractivity contribution in [1.82, 2.24) is 0 Å².